The lowest BCUT2D eigenvalue weighted by Gasteiger charge is -2.11. The second-order valence-electron chi connectivity index (χ2n) is 4.96. The van der Waals surface area contributed by atoms with Crippen LogP contribution >= 0.6 is 23.8 Å². The maximum atomic E-state index is 12.3. The van der Waals surface area contributed by atoms with Gasteiger partial charge in [-0.2, -0.15) is 0 Å². The number of para-hydroxylation sites is 1. The Morgan fingerprint density at radius 1 is 1.16 bits per heavy atom. The molecule has 7 heteroatoms. The molecule has 0 aliphatic carbocycles. The molecule has 2 rings (SSSR count). The van der Waals surface area contributed by atoms with Crippen LogP contribution in [0.4, 0.5) is 5.69 Å². The van der Waals surface area contributed by atoms with Crippen LogP contribution in [0.25, 0.3) is 0 Å². The first kappa shape index (κ1) is 19.2. The molecular weight excluding hydrogens is 360 g/mol. The summed E-state index contributed by atoms with van der Waals surface area (Å²) in [5, 5.41) is 6.20. The third-order valence-corrected chi connectivity index (χ3v) is 3.68. The maximum absolute atomic E-state index is 12.3. The van der Waals surface area contributed by atoms with E-state index in [2.05, 4.69) is 10.6 Å². The first-order valence-corrected chi connectivity index (χ1v) is 8.56. The minimum atomic E-state index is -0.334. The Morgan fingerprint density at radius 2 is 1.96 bits per heavy atom. The van der Waals surface area contributed by atoms with Gasteiger partial charge < -0.3 is 14.8 Å². The van der Waals surface area contributed by atoms with Crippen molar-refractivity contribution in [3.63, 3.8) is 0 Å². The standard InChI is InChI=1S/C18H19ClN2O3S/c1-2-23-10-11-24-14-7-5-6-13(12-14)17(22)21-18(25)20-16-9-4-3-8-15(16)19/h3-9,12H,2,10-11H2,1H3,(H2,20,21,22,25). The summed E-state index contributed by atoms with van der Waals surface area (Å²) < 4.78 is 10.8. The second kappa shape index (κ2) is 9.98. The molecule has 0 radical (unpaired) electrons. The fraction of sp³-hybridized carbons (Fsp3) is 0.222. The molecule has 0 aliphatic rings. The topological polar surface area (TPSA) is 59.6 Å². The van der Waals surface area contributed by atoms with Gasteiger partial charge in [0.05, 0.1) is 17.3 Å². The van der Waals surface area contributed by atoms with Crippen molar-refractivity contribution < 1.29 is 14.3 Å². The van der Waals surface area contributed by atoms with Crippen molar-refractivity contribution in [2.24, 2.45) is 0 Å². The number of hydrogen-bond donors (Lipinski definition) is 2. The van der Waals surface area contributed by atoms with E-state index < -0.39 is 0 Å². The molecule has 132 valence electrons. The Kier molecular flexibility index (Phi) is 7.66. The molecule has 0 saturated heterocycles. The highest BCUT2D eigenvalue weighted by molar-refractivity contribution is 7.80. The van der Waals surface area contributed by atoms with Gasteiger partial charge in [0.25, 0.3) is 5.91 Å². The zero-order valence-corrected chi connectivity index (χ0v) is 15.3. The van der Waals surface area contributed by atoms with Crippen molar-refractivity contribution >= 4 is 40.5 Å². The van der Waals surface area contributed by atoms with Crippen molar-refractivity contribution in [1.82, 2.24) is 5.32 Å². The molecule has 0 atom stereocenters. The van der Waals surface area contributed by atoms with E-state index in [9.17, 15) is 4.79 Å². The van der Waals surface area contributed by atoms with Crippen LogP contribution in [0.2, 0.25) is 5.02 Å². The van der Waals surface area contributed by atoms with E-state index in [1.54, 1.807) is 36.4 Å². The van der Waals surface area contributed by atoms with Gasteiger partial charge in [-0.1, -0.05) is 29.8 Å². The molecule has 0 spiro atoms. The number of amides is 1. The highest BCUT2D eigenvalue weighted by Crippen LogP contribution is 2.20. The van der Waals surface area contributed by atoms with Crippen molar-refractivity contribution in [1.29, 1.82) is 0 Å². The fourth-order valence-corrected chi connectivity index (χ4v) is 2.37. The Labute approximate surface area is 157 Å². The third-order valence-electron chi connectivity index (χ3n) is 3.15. The van der Waals surface area contributed by atoms with Crippen LogP contribution in [0, 0.1) is 0 Å². The molecule has 5 nitrogen and oxygen atoms in total. The van der Waals surface area contributed by atoms with Crippen LogP contribution in [-0.2, 0) is 4.74 Å². The Bertz CT molecular complexity index is 740. The number of carbonyl (C=O) groups is 1. The summed E-state index contributed by atoms with van der Waals surface area (Å²) in [5.74, 6) is 0.261. The van der Waals surface area contributed by atoms with Gasteiger partial charge in [-0.3, -0.25) is 10.1 Å². The molecular formula is C18H19ClN2O3S. The maximum Gasteiger partial charge on any atom is 0.257 e. The van der Waals surface area contributed by atoms with Crippen LogP contribution in [0.1, 0.15) is 17.3 Å². The Hall–Kier alpha value is -2.15. The third kappa shape index (κ3) is 6.34. The minimum absolute atomic E-state index is 0.167. The summed E-state index contributed by atoms with van der Waals surface area (Å²) in [6, 6.07) is 14.0. The predicted molar refractivity (Wildman–Crippen MR) is 104 cm³/mol. The van der Waals surface area contributed by atoms with Crippen molar-refractivity contribution in [3.05, 3.63) is 59.1 Å². The van der Waals surface area contributed by atoms with E-state index in [0.29, 0.717) is 41.8 Å². The Morgan fingerprint density at radius 3 is 2.72 bits per heavy atom. The molecule has 2 aromatic carbocycles. The summed E-state index contributed by atoms with van der Waals surface area (Å²) in [6.07, 6.45) is 0. The molecule has 0 saturated carbocycles. The average molecular weight is 379 g/mol. The quantitative estimate of drug-likeness (QED) is 0.565. The van der Waals surface area contributed by atoms with E-state index in [4.69, 9.17) is 33.3 Å². The van der Waals surface area contributed by atoms with E-state index >= 15 is 0 Å². The summed E-state index contributed by atoms with van der Waals surface area (Å²) in [5.41, 5.74) is 1.07. The van der Waals surface area contributed by atoms with Gasteiger partial charge in [0, 0.05) is 12.2 Å². The summed E-state index contributed by atoms with van der Waals surface area (Å²) in [4.78, 5) is 12.3. The highest BCUT2D eigenvalue weighted by Gasteiger charge is 2.10. The zero-order chi connectivity index (χ0) is 18.1. The molecule has 0 unspecified atom stereocenters. The average Bonchev–Trinajstić information content (AvgIpc) is 2.61. The second-order valence-corrected chi connectivity index (χ2v) is 5.78. The van der Waals surface area contributed by atoms with Gasteiger partial charge in [0.15, 0.2) is 5.11 Å². The molecule has 25 heavy (non-hydrogen) atoms. The van der Waals surface area contributed by atoms with Gasteiger partial charge in [-0.15, -0.1) is 0 Å². The number of rotatable bonds is 7. The van der Waals surface area contributed by atoms with Gasteiger partial charge in [-0.25, -0.2) is 0 Å². The van der Waals surface area contributed by atoms with Crippen LogP contribution in [0.3, 0.4) is 0 Å². The number of thiocarbonyl (C=S) groups is 1. The van der Waals surface area contributed by atoms with Crippen LogP contribution in [0.5, 0.6) is 5.75 Å². The van der Waals surface area contributed by atoms with Crippen LogP contribution < -0.4 is 15.4 Å². The number of ether oxygens (including phenoxy) is 2. The minimum Gasteiger partial charge on any atom is -0.491 e. The van der Waals surface area contributed by atoms with Crippen LogP contribution in [-0.4, -0.2) is 30.8 Å². The first-order valence-electron chi connectivity index (χ1n) is 7.77. The molecule has 0 aromatic heterocycles. The number of nitrogens with one attached hydrogen (secondary N) is 2. The lowest BCUT2D eigenvalue weighted by Crippen LogP contribution is -2.34. The number of halogens is 1. The van der Waals surface area contributed by atoms with E-state index in [1.165, 1.54) is 0 Å². The van der Waals surface area contributed by atoms with Crippen molar-refractivity contribution in [2.45, 2.75) is 6.92 Å². The van der Waals surface area contributed by atoms with Crippen LogP contribution in [0.15, 0.2) is 48.5 Å². The lowest BCUT2D eigenvalue weighted by molar-refractivity contribution is 0.0976. The van der Waals surface area contributed by atoms with Gasteiger partial charge in [-0.05, 0) is 49.5 Å². The van der Waals surface area contributed by atoms with Crippen molar-refractivity contribution in [3.8, 4) is 5.75 Å². The highest BCUT2D eigenvalue weighted by atomic mass is 35.5. The van der Waals surface area contributed by atoms with Gasteiger partial charge in [0.2, 0.25) is 0 Å². The molecule has 1 amide bonds. The van der Waals surface area contributed by atoms with Crippen molar-refractivity contribution in [2.75, 3.05) is 25.1 Å². The fourth-order valence-electron chi connectivity index (χ4n) is 1.98. The predicted octanol–water partition coefficient (Wildman–Crippen LogP) is 3.88. The number of hydrogen-bond acceptors (Lipinski definition) is 4. The van der Waals surface area contributed by atoms with Gasteiger partial charge >= 0.3 is 0 Å². The number of carbonyl (C=O) groups excluding carboxylic acids is 1. The molecule has 2 aromatic rings. The van der Waals surface area contributed by atoms with E-state index in [1.807, 2.05) is 19.1 Å². The normalized spacial score (nSPS) is 10.2. The molecule has 0 bridgehead atoms. The largest absolute Gasteiger partial charge is 0.491 e. The molecule has 0 aliphatic heterocycles. The lowest BCUT2D eigenvalue weighted by atomic mass is 10.2. The first-order chi connectivity index (χ1) is 12.1. The smallest absolute Gasteiger partial charge is 0.257 e. The molecule has 0 heterocycles. The Balaban J connectivity index is 1.91. The summed E-state index contributed by atoms with van der Waals surface area (Å²) >= 11 is 11.2. The summed E-state index contributed by atoms with van der Waals surface area (Å²) in [7, 11) is 0. The molecule has 0 fully saturated rings. The molecule has 2 N–H and O–H groups in total. The zero-order valence-electron chi connectivity index (χ0n) is 13.8. The van der Waals surface area contributed by atoms with Gasteiger partial charge in [0.1, 0.15) is 12.4 Å². The van der Waals surface area contributed by atoms with E-state index in [0.717, 1.165) is 0 Å². The monoisotopic (exact) mass is 378 g/mol. The number of anilines is 1. The number of benzene rings is 2. The summed E-state index contributed by atoms with van der Waals surface area (Å²) in [6.45, 7) is 3.48. The SMILES string of the molecule is CCOCCOc1cccc(C(=O)NC(=S)Nc2ccccc2Cl)c1. The van der Waals surface area contributed by atoms with E-state index in [-0.39, 0.29) is 11.0 Å².